The second-order valence-electron chi connectivity index (χ2n) is 6.94. The monoisotopic (exact) mass is 370 g/mol. The van der Waals surface area contributed by atoms with Crippen molar-refractivity contribution in [2.24, 2.45) is 5.92 Å². The van der Waals surface area contributed by atoms with Gasteiger partial charge in [-0.25, -0.2) is 0 Å². The molecule has 2 rings (SSSR count). The molecule has 0 bridgehead atoms. The van der Waals surface area contributed by atoms with Gasteiger partial charge in [-0.2, -0.15) is 0 Å². The molecule has 0 heterocycles. The minimum Gasteiger partial charge on any atom is -0.481 e. The van der Waals surface area contributed by atoms with Crippen LogP contribution in [0.5, 0.6) is 0 Å². The number of carbonyl (C=O) groups is 3. The number of nitrogens with one attached hydrogen (secondary N) is 2. The maximum absolute atomic E-state index is 12.4. The van der Waals surface area contributed by atoms with Gasteiger partial charge in [-0.1, -0.05) is 56.3 Å². The van der Waals surface area contributed by atoms with E-state index in [0.29, 0.717) is 6.42 Å². The summed E-state index contributed by atoms with van der Waals surface area (Å²) in [4.78, 5) is 35.3. The lowest BCUT2D eigenvalue weighted by Crippen LogP contribution is -2.50. The van der Waals surface area contributed by atoms with E-state index in [9.17, 15) is 14.4 Å². The average Bonchev–Trinajstić information content (AvgIpc) is 2.62. The molecule has 0 fully saturated rings. The number of carboxylic acid groups (broad SMARTS) is 1. The summed E-state index contributed by atoms with van der Waals surface area (Å²) in [5.41, 5.74) is 0.885. The second-order valence-corrected chi connectivity index (χ2v) is 6.94. The highest BCUT2D eigenvalue weighted by Gasteiger charge is 2.23. The van der Waals surface area contributed by atoms with Crippen LogP contribution in [0.1, 0.15) is 32.3 Å². The van der Waals surface area contributed by atoms with Gasteiger partial charge in [0.1, 0.15) is 6.04 Å². The molecule has 0 radical (unpaired) electrons. The Bertz CT molecular complexity index is 817. The summed E-state index contributed by atoms with van der Waals surface area (Å²) in [5.74, 6) is -1.48. The standard InChI is InChI=1S/C21H26N2O4/c1-14(2)20(21(27)22-11-5-8-19(25)26)23-18(24)13-15-9-10-16-6-3-4-7-17(16)12-15/h3-4,6-7,9-10,12,14,20H,5,8,11,13H2,1-2H3,(H,22,27)(H,23,24)(H,25,26). The highest BCUT2D eigenvalue weighted by Crippen LogP contribution is 2.16. The van der Waals surface area contributed by atoms with Crippen LogP contribution in [0, 0.1) is 5.92 Å². The Labute approximate surface area is 159 Å². The van der Waals surface area contributed by atoms with Crippen molar-refractivity contribution in [2.75, 3.05) is 6.54 Å². The summed E-state index contributed by atoms with van der Waals surface area (Å²) in [6.07, 6.45) is 0.554. The van der Waals surface area contributed by atoms with E-state index in [1.807, 2.05) is 56.3 Å². The van der Waals surface area contributed by atoms with E-state index in [1.165, 1.54) is 0 Å². The zero-order valence-electron chi connectivity index (χ0n) is 15.7. The fourth-order valence-electron chi connectivity index (χ4n) is 2.85. The Balaban J connectivity index is 1.93. The van der Waals surface area contributed by atoms with Crippen molar-refractivity contribution in [1.82, 2.24) is 10.6 Å². The Kier molecular flexibility index (Phi) is 7.34. The quantitative estimate of drug-likeness (QED) is 0.591. The normalized spacial score (nSPS) is 12.0. The van der Waals surface area contributed by atoms with Crippen LogP contribution in [-0.4, -0.2) is 35.5 Å². The third-order valence-corrected chi connectivity index (χ3v) is 4.31. The fraction of sp³-hybridized carbons (Fsp3) is 0.381. The average molecular weight is 370 g/mol. The minimum absolute atomic E-state index is 0.000940. The van der Waals surface area contributed by atoms with Crippen LogP contribution in [0.3, 0.4) is 0 Å². The van der Waals surface area contributed by atoms with Gasteiger partial charge in [0.15, 0.2) is 0 Å². The number of amides is 2. The van der Waals surface area contributed by atoms with Gasteiger partial charge in [-0.15, -0.1) is 0 Å². The van der Waals surface area contributed by atoms with Crippen LogP contribution in [0.15, 0.2) is 42.5 Å². The predicted molar refractivity (Wildman–Crippen MR) is 104 cm³/mol. The number of benzene rings is 2. The zero-order chi connectivity index (χ0) is 19.8. The molecule has 0 saturated heterocycles. The van der Waals surface area contributed by atoms with E-state index in [0.717, 1.165) is 16.3 Å². The van der Waals surface area contributed by atoms with Crippen molar-refractivity contribution in [3.63, 3.8) is 0 Å². The van der Waals surface area contributed by atoms with Gasteiger partial charge in [0, 0.05) is 13.0 Å². The summed E-state index contributed by atoms with van der Waals surface area (Å²) >= 11 is 0. The van der Waals surface area contributed by atoms with Crippen LogP contribution in [-0.2, 0) is 20.8 Å². The first-order chi connectivity index (χ1) is 12.9. The van der Waals surface area contributed by atoms with Crippen LogP contribution < -0.4 is 10.6 Å². The summed E-state index contributed by atoms with van der Waals surface area (Å²) in [7, 11) is 0. The van der Waals surface area contributed by atoms with Crippen LogP contribution in [0.25, 0.3) is 10.8 Å². The third kappa shape index (κ3) is 6.40. The number of fused-ring (bicyclic) bond motifs is 1. The maximum atomic E-state index is 12.4. The number of hydrogen-bond donors (Lipinski definition) is 3. The Morgan fingerprint density at radius 1 is 1.04 bits per heavy atom. The molecule has 1 unspecified atom stereocenters. The van der Waals surface area contributed by atoms with Crippen molar-refractivity contribution in [3.05, 3.63) is 48.0 Å². The first-order valence-electron chi connectivity index (χ1n) is 9.13. The lowest BCUT2D eigenvalue weighted by Gasteiger charge is -2.21. The molecule has 144 valence electrons. The van der Waals surface area contributed by atoms with E-state index < -0.39 is 12.0 Å². The Hall–Kier alpha value is -2.89. The number of aliphatic carboxylic acids is 1. The third-order valence-electron chi connectivity index (χ3n) is 4.31. The first kappa shape index (κ1) is 20.4. The highest BCUT2D eigenvalue weighted by molar-refractivity contribution is 5.89. The largest absolute Gasteiger partial charge is 0.481 e. The zero-order valence-corrected chi connectivity index (χ0v) is 15.7. The maximum Gasteiger partial charge on any atom is 0.303 e. The van der Waals surface area contributed by atoms with Crippen LogP contribution >= 0.6 is 0 Å². The SMILES string of the molecule is CC(C)C(NC(=O)Cc1ccc2ccccc2c1)C(=O)NCCCC(=O)O. The van der Waals surface area contributed by atoms with Crippen molar-refractivity contribution >= 4 is 28.6 Å². The van der Waals surface area contributed by atoms with Gasteiger partial charge in [-0.3, -0.25) is 14.4 Å². The number of hydrogen-bond acceptors (Lipinski definition) is 3. The molecule has 0 spiro atoms. The van der Waals surface area contributed by atoms with Crippen molar-refractivity contribution in [3.8, 4) is 0 Å². The lowest BCUT2D eigenvalue weighted by atomic mass is 10.0. The second kappa shape index (κ2) is 9.71. The van der Waals surface area contributed by atoms with E-state index in [-0.39, 0.29) is 37.1 Å². The smallest absolute Gasteiger partial charge is 0.303 e. The van der Waals surface area contributed by atoms with Gasteiger partial charge in [-0.05, 0) is 28.7 Å². The molecule has 0 aliphatic rings. The van der Waals surface area contributed by atoms with Crippen LogP contribution in [0.2, 0.25) is 0 Å². The molecule has 0 saturated carbocycles. The molecule has 3 N–H and O–H groups in total. The fourth-order valence-corrected chi connectivity index (χ4v) is 2.85. The predicted octanol–water partition coefficient (Wildman–Crippen LogP) is 2.50. The molecular weight excluding hydrogens is 344 g/mol. The number of rotatable bonds is 9. The van der Waals surface area contributed by atoms with Gasteiger partial charge in [0.05, 0.1) is 6.42 Å². The molecule has 0 aliphatic heterocycles. The van der Waals surface area contributed by atoms with E-state index in [2.05, 4.69) is 10.6 Å². The van der Waals surface area contributed by atoms with E-state index >= 15 is 0 Å². The molecular formula is C21H26N2O4. The molecule has 0 aromatic heterocycles. The van der Waals surface area contributed by atoms with Crippen molar-refractivity contribution in [2.45, 2.75) is 39.2 Å². The van der Waals surface area contributed by atoms with Gasteiger partial charge in [0.25, 0.3) is 0 Å². The van der Waals surface area contributed by atoms with E-state index in [4.69, 9.17) is 5.11 Å². The van der Waals surface area contributed by atoms with Crippen molar-refractivity contribution in [1.29, 1.82) is 0 Å². The topological polar surface area (TPSA) is 95.5 Å². The molecule has 0 aliphatic carbocycles. The van der Waals surface area contributed by atoms with Gasteiger partial charge < -0.3 is 15.7 Å². The molecule has 6 heteroatoms. The molecule has 6 nitrogen and oxygen atoms in total. The van der Waals surface area contributed by atoms with Gasteiger partial charge in [0.2, 0.25) is 11.8 Å². The summed E-state index contributed by atoms with van der Waals surface area (Å²) in [6.45, 7) is 3.99. The Morgan fingerprint density at radius 3 is 2.41 bits per heavy atom. The molecule has 2 amide bonds. The van der Waals surface area contributed by atoms with E-state index in [1.54, 1.807) is 0 Å². The highest BCUT2D eigenvalue weighted by atomic mass is 16.4. The minimum atomic E-state index is -0.895. The number of carbonyl (C=O) groups excluding carboxylic acids is 2. The summed E-state index contributed by atoms with van der Waals surface area (Å²) in [5, 5.41) is 16.3. The molecule has 2 aromatic rings. The lowest BCUT2D eigenvalue weighted by molar-refractivity contribution is -0.137. The molecule has 27 heavy (non-hydrogen) atoms. The Morgan fingerprint density at radius 2 is 1.74 bits per heavy atom. The summed E-state index contributed by atoms with van der Waals surface area (Å²) in [6, 6.07) is 13.2. The van der Waals surface area contributed by atoms with Crippen LogP contribution in [0.4, 0.5) is 0 Å². The molecule has 2 aromatic carbocycles. The first-order valence-corrected chi connectivity index (χ1v) is 9.13. The van der Waals surface area contributed by atoms with Crippen molar-refractivity contribution < 1.29 is 19.5 Å². The number of carboxylic acids is 1. The van der Waals surface area contributed by atoms with Gasteiger partial charge >= 0.3 is 5.97 Å². The summed E-state index contributed by atoms with van der Waals surface area (Å²) < 4.78 is 0. The molecule has 1 atom stereocenters.